The summed E-state index contributed by atoms with van der Waals surface area (Å²) in [6.45, 7) is 1.08. The number of carbonyl (C=O) groups is 1. The van der Waals surface area contributed by atoms with Gasteiger partial charge < -0.3 is 10.4 Å². The number of hydrogen-bond acceptors (Lipinski definition) is 2. The van der Waals surface area contributed by atoms with Crippen LogP contribution in [0.4, 0.5) is 0 Å². The van der Waals surface area contributed by atoms with Crippen LogP contribution in [0.2, 0.25) is 0 Å². The minimum Gasteiger partial charge on any atom is -0.481 e. The van der Waals surface area contributed by atoms with Crippen LogP contribution in [0.3, 0.4) is 0 Å². The fourth-order valence-electron chi connectivity index (χ4n) is 3.36. The fourth-order valence-corrected chi connectivity index (χ4v) is 3.36. The molecule has 2 bridgehead atoms. The third-order valence-corrected chi connectivity index (χ3v) is 4.21. The molecule has 0 aromatic heterocycles. The van der Waals surface area contributed by atoms with E-state index in [1.54, 1.807) is 0 Å². The summed E-state index contributed by atoms with van der Waals surface area (Å²) in [7, 11) is 0. The zero-order valence-corrected chi connectivity index (χ0v) is 9.95. The van der Waals surface area contributed by atoms with Crippen molar-refractivity contribution in [2.24, 2.45) is 11.8 Å². The highest BCUT2D eigenvalue weighted by molar-refractivity contribution is 5.66. The number of fused-ring (bicyclic) bond motifs is 2. The average molecular weight is 225 g/mol. The number of nitrogens with one attached hydrogen (secondary N) is 1. The van der Waals surface area contributed by atoms with Crippen molar-refractivity contribution < 1.29 is 9.90 Å². The first-order chi connectivity index (χ1) is 7.75. The molecular weight excluding hydrogens is 202 g/mol. The molecule has 2 fully saturated rings. The molecule has 2 aliphatic carbocycles. The summed E-state index contributed by atoms with van der Waals surface area (Å²) >= 11 is 0. The number of aliphatic carboxylic acids is 1. The molecule has 2 saturated carbocycles. The van der Waals surface area contributed by atoms with E-state index in [-0.39, 0.29) is 0 Å². The number of hydrogen-bond donors (Lipinski definition) is 2. The highest BCUT2D eigenvalue weighted by Gasteiger charge is 2.38. The van der Waals surface area contributed by atoms with Gasteiger partial charge in [0.15, 0.2) is 0 Å². The Morgan fingerprint density at radius 1 is 1.19 bits per heavy atom. The minimum atomic E-state index is -0.666. The summed E-state index contributed by atoms with van der Waals surface area (Å²) in [5.41, 5.74) is 0. The van der Waals surface area contributed by atoms with Crippen LogP contribution in [0.15, 0.2) is 0 Å². The van der Waals surface area contributed by atoms with E-state index in [1.165, 1.54) is 25.7 Å². The Hall–Kier alpha value is -0.570. The molecule has 3 atom stereocenters. The molecule has 3 nitrogen and oxygen atoms in total. The molecule has 2 N–H and O–H groups in total. The van der Waals surface area contributed by atoms with Crippen LogP contribution in [0.5, 0.6) is 0 Å². The van der Waals surface area contributed by atoms with Crippen LogP contribution in [0, 0.1) is 11.8 Å². The molecule has 0 amide bonds. The molecule has 2 rings (SSSR count). The molecule has 0 aromatic rings. The molecule has 3 heteroatoms. The first-order valence-electron chi connectivity index (χ1n) is 6.71. The molecule has 3 unspecified atom stereocenters. The first kappa shape index (κ1) is 11.9. The number of carboxylic acids is 1. The Morgan fingerprint density at radius 3 is 2.69 bits per heavy atom. The van der Waals surface area contributed by atoms with E-state index in [0.29, 0.717) is 6.42 Å². The molecule has 0 spiro atoms. The molecule has 0 aromatic carbocycles. The summed E-state index contributed by atoms with van der Waals surface area (Å²) in [4.78, 5) is 10.3. The topological polar surface area (TPSA) is 49.3 Å². The van der Waals surface area contributed by atoms with Crippen molar-refractivity contribution in [2.45, 2.75) is 57.4 Å². The summed E-state index contributed by atoms with van der Waals surface area (Å²) < 4.78 is 0. The maximum Gasteiger partial charge on any atom is 0.303 e. The lowest BCUT2D eigenvalue weighted by Gasteiger charge is -2.22. The number of unbranched alkanes of at least 4 members (excludes halogenated alkanes) is 2. The summed E-state index contributed by atoms with van der Waals surface area (Å²) in [5, 5.41) is 12.2. The Morgan fingerprint density at radius 2 is 2.06 bits per heavy atom. The monoisotopic (exact) mass is 225 g/mol. The van der Waals surface area contributed by atoms with Gasteiger partial charge in [0, 0.05) is 12.5 Å². The fraction of sp³-hybridized carbons (Fsp3) is 0.923. The molecule has 16 heavy (non-hydrogen) atoms. The molecular formula is C13H23NO2. The van der Waals surface area contributed by atoms with Gasteiger partial charge in [-0.15, -0.1) is 0 Å². The number of rotatable bonds is 7. The molecule has 0 saturated heterocycles. The van der Waals surface area contributed by atoms with Gasteiger partial charge >= 0.3 is 5.97 Å². The predicted molar refractivity (Wildman–Crippen MR) is 63.3 cm³/mol. The highest BCUT2D eigenvalue weighted by atomic mass is 16.4. The van der Waals surface area contributed by atoms with E-state index < -0.39 is 5.97 Å². The lowest BCUT2D eigenvalue weighted by atomic mass is 9.95. The van der Waals surface area contributed by atoms with Gasteiger partial charge in [0.25, 0.3) is 0 Å². The van der Waals surface area contributed by atoms with Crippen molar-refractivity contribution >= 4 is 5.97 Å². The third-order valence-electron chi connectivity index (χ3n) is 4.21. The Labute approximate surface area is 97.6 Å². The summed E-state index contributed by atoms with van der Waals surface area (Å²) in [5.74, 6) is 1.29. The second kappa shape index (κ2) is 5.67. The van der Waals surface area contributed by atoms with Crippen LogP contribution >= 0.6 is 0 Å². The zero-order valence-electron chi connectivity index (χ0n) is 9.95. The molecule has 92 valence electrons. The van der Waals surface area contributed by atoms with Gasteiger partial charge in [0.05, 0.1) is 0 Å². The summed E-state index contributed by atoms with van der Waals surface area (Å²) in [6, 6.07) is 0.776. The molecule has 0 heterocycles. The maximum atomic E-state index is 10.3. The van der Waals surface area contributed by atoms with Gasteiger partial charge in [-0.2, -0.15) is 0 Å². The normalized spacial score (nSPS) is 32.1. The second-order valence-corrected chi connectivity index (χ2v) is 5.44. The Kier molecular flexibility index (Phi) is 4.22. The van der Waals surface area contributed by atoms with E-state index in [1.807, 2.05) is 0 Å². The molecule has 0 aliphatic heterocycles. The van der Waals surface area contributed by atoms with Crippen LogP contribution < -0.4 is 5.32 Å². The van der Waals surface area contributed by atoms with Gasteiger partial charge in [-0.1, -0.05) is 12.8 Å². The van der Waals surface area contributed by atoms with E-state index in [9.17, 15) is 4.79 Å². The number of carboxylic acid groups (broad SMARTS) is 1. The van der Waals surface area contributed by atoms with E-state index in [4.69, 9.17) is 5.11 Å². The lowest BCUT2D eigenvalue weighted by Crippen LogP contribution is -2.34. The van der Waals surface area contributed by atoms with Crippen molar-refractivity contribution in [1.29, 1.82) is 0 Å². The largest absolute Gasteiger partial charge is 0.481 e. The van der Waals surface area contributed by atoms with E-state index in [2.05, 4.69) is 5.32 Å². The highest BCUT2D eigenvalue weighted by Crippen LogP contribution is 2.44. The Bertz CT molecular complexity index is 242. The maximum absolute atomic E-state index is 10.3. The van der Waals surface area contributed by atoms with Crippen molar-refractivity contribution in [2.75, 3.05) is 6.54 Å². The van der Waals surface area contributed by atoms with Crippen LogP contribution in [0.25, 0.3) is 0 Å². The van der Waals surface area contributed by atoms with Crippen LogP contribution in [0.1, 0.15) is 51.4 Å². The SMILES string of the molecule is O=C(O)CCCCCNC1CC2CCC1C2. The smallest absolute Gasteiger partial charge is 0.303 e. The van der Waals surface area contributed by atoms with Gasteiger partial charge in [-0.3, -0.25) is 4.79 Å². The summed E-state index contributed by atoms with van der Waals surface area (Å²) in [6.07, 6.45) is 9.06. The van der Waals surface area contributed by atoms with E-state index >= 15 is 0 Å². The van der Waals surface area contributed by atoms with Gasteiger partial charge in [-0.25, -0.2) is 0 Å². The van der Waals surface area contributed by atoms with Crippen molar-refractivity contribution in [3.8, 4) is 0 Å². The van der Waals surface area contributed by atoms with Crippen molar-refractivity contribution in [1.82, 2.24) is 5.32 Å². The molecule has 0 radical (unpaired) electrons. The standard InChI is InChI=1S/C13H23NO2/c15-13(16)4-2-1-3-7-14-12-9-10-5-6-11(12)8-10/h10-12,14H,1-9H2,(H,15,16). The lowest BCUT2D eigenvalue weighted by molar-refractivity contribution is -0.137. The van der Waals surface area contributed by atoms with Crippen LogP contribution in [-0.2, 0) is 4.79 Å². The van der Waals surface area contributed by atoms with Crippen molar-refractivity contribution in [3.63, 3.8) is 0 Å². The third kappa shape index (κ3) is 3.21. The van der Waals surface area contributed by atoms with Gasteiger partial charge in [-0.05, 0) is 50.5 Å². The van der Waals surface area contributed by atoms with Crippen LogP contribution in [-0.4, -0.2) is 23.7 Å². The second-order valence-electron chi connectivity index (χ2n) is 5.44. The molecule has 2 aliphatic rings. The van der Waals surface area contributed by atoms with Gasteiger partial charge in [0.2, 0.25) is 0 Å². The van der Waals surface area contributed by atoms with E-state index in [0.717, 1.165) is 43.7 Å². The first-order valence-corrected chi connectivity index (χ1v) is 6.71. The van der Waals surface area contributed by atoms with Gasteiger partial charge in [0.1, 0.15) is 0 Å². The minimum absolute atomic E-state index is 0.328. The predicted octanol–water partition coefficient (Wildman–Crippen LogP) is 2.41. The van der Waals surface area contributed by atoms with Crippen molar-refractivity contribution in [3.05, 3.63) is 0 Å². The quantitative estimate of drug-likeness (QED) is 0.654. The zero-order chi connectivity index (χ0) is 11.4. The average Bonchev–Trinajstić information content (AvgIpc) is 2.84. The Balaban J connectivity index is 1.48.